The molecule has 11 aromatic carbocycles. The molecule has 0 unspecified atom stereocenters. The zero-order valence-corrected chi connectivity index (χ0v) is 35.2. The van der Waals surface area contributed by atoms with Crippen molar-refractivity contribution in [3.63, 3.8) is 0 Å². The van der Waals surface area contributed by atoms with Crippen LogP contribution in [0.25, 0.3) is 92.9 Å². The van der Waals surface area contributed by atoms with Crippen molar-refractivity contribution in [2.24, 2.45) is 0 Å². The molecule has 13 rings (SSSR count). The average molecular weight is 803 g/mol. The number of anilines is 3. The normalized spacial score (nSPS) is 12.8. The number of rotatable bonds is 6. The van der Waals surface area contributed by atoms with Crippen LogP contribution in [0.2, 0.25) is 0 Å². The first kappa shape index (κ1) is 35.8. The molecule has 0 spiro atoms. The Morgan fingerprint density at radius 3 is 1.87 bits per heavy atom. The highest BCUT2D eigenvalue weighted by Gasteiger charge is 2.24. The minimum absolute atomic E-state index is 0.892. The quantitative estimate of drug-likeness (QED) is 0.120. The molecule has 1 aliphatic rings. The van der Waals surface area contributed by atoms with Crippen LogP contribution in [-0.2, 0) is 6.42 Å². The fourth-order valence-electron chi connectivity index (χ4n) is 10.7. The molecule has 1 aromatic heterocycles. The molecule has 0 aliphatic heterocycles. The molecule has 0 N–H and O–H groups in total. The first-order valence-corrected chi connectivity index (χ1v) is 22.0. The third kappa shape index (κ3) is 5.51. The van der Waals surface area contributed by atoms with Crippen molar-refractivity contribution in [3.8, 4) is 16.8 Å². The van der Waals surface area contributed by atoms with Crippen LogP contribution < -0.4 is 4.90 Å². The van der Waals surface area contributed by atoms with E-state index in [1.54, 1.807) is 0 Å². The molecule has 0 radical (unpaired) electrons. The van der Waals surface area contributed by atoms with E-state index in [0.717, 1.165) is 17.8 Å². The summed E-state index contributed by atoms with van der Waals surface area (Å²) in [5.41, 5.74) is 17.7. The van der Waals surface area contributed by atoms with Crippen molar-refractivity contribution < 1.29 is 0 Å². The predicted molar refractivity (Wildman–Crippen MR) is 270 cm³/mol. The second-order valence-electron chi connectivity index (χ2n) is 17.4. The molecular formula is C61H42N2. The van der Waals surface area contributed by atoms with E-state index >= 15 is 0 Å². The Morgan fingerprint density at radius 1 is 0.397 bits per heavy atom. The van der Waals surface area contributed by atoms with Gasteiger partial charge in [-0.1, -0.05) is 146 Å². The van der Waals surface area contributed by atoms with Crippen molar-refractivity contribution in [3.05, 3.63) is 229 Å². The number of benzene rings is 11. The zero-order chi connectivity index (χ0) is 41.8. The SMILES string of the molecule is CC(=C(C)c1cc2ccc3cccc4c3c2c(c1)n4-c1ccccc1)c1ccc2c(c1)Cc1cc(N(c3ccc4ccccc4c3)c3cc4ccccc4c4ccccc34)ccc1-2. The summed E-state index contributed by atoms with van der Waals surface area (Å²) >= 11 is 0. The highest BCUT2D eigenvalue weighted by atomic mass is 15.1. The monoisotopic (exact) mass is 802 g/mol. The van der Waals surface area contributed by atoms with Gasteiger partial charge in [0.1, 0.15) is 0 Å². The highest BCUT2D eigenvalue weighted by Crippen LogP contribution is 2.47. The predicted octanol–water partition coefficient (Wildman–Crippen LogP) is 16.8. The molecule has 0 fully saturated rings. The van der Waals surface area contributed by atoms with Gasteiger partial charge in [-0.2, -0.15) is 0 Å². The molecule has 296 valence electrons. The minimum Gasteiger partial charge on any atom is -0.310 e. The van der Waals surface area contributed by atoms with Crippen LogP contribution in [0.4, 0.5) is 17.1 Å². The van der Waals surface area contributed by atoms with Crippen molar-refractivity contribution >= 4 is 93.1 Å². The number of para-hydroxylation sites is 1. The summed E-state index contributed by atoms with van der Waals surface area (Å²) in [6.45, 7) is 4.59. The minimum atomic E-state index is 0.892. The van der Waals surface area contributed by atoms with Gasteiger partial charge in [-0.15, -0.1) is 0 Å². The molecule has 0 saturated heterocycles. The van der Waals surface area contributed by atoms with Crippen molar-refractivity contribution in [1.82, 2.24) is 4.57 Å². The largest absolute Gasteiger partial charge is 0.310 e. The molecular weight excluding hydrogens is 761 g/mol. The number of allylic oxidation sites excluding steroid dienone is 2. The van der Waals surface area contributed by atoms with E-state index in [4.69, 9.17) is 0 Å². The smallest absolute Gasteiger partial charge is 0.0553 e. The van der Waals surface area contributed by atoms with E-state index < -0.39 is 0 Å². The highest BCUT2D eigenvalue weighted by molar-refractivity contribution is 6.25. The Hall–Kier alpha value is -7.94. The van der Waals surface area contributed by atoms with E-state index in [0.29, 0.717) is 0 Å². The lowest BCUT2D eigenvalue weighted by Crippen LogP contribution is -2.11. The van der Waals surface area contributed by atoms with E-state index in [-0.39, 0.29) is 0 Å². The fraction of sp³-hybridized carbons (Fsp3) is 0.0492. The molecule has 1 heterocycles. The number of fused-ring (bicyclic) bond motifs is 7. The zero-order valence-electron chi connectivity index (χ0n) is 35.2. The Morgan fingerprint density at radius 2 is 1.02 bits per heavy atom. The number of aromatic nitrogens is 1. The van der Waals surface area contributed by atoms with Crippen molar-refractivity contribution in [2.45, 2.75) is 20.3 Å². The molecule has 2 nitrogen and oxygen atoms in total. The lowest BCUT2D eigenvalue weighted by Gasteiger charge is -2.28. The van der Waals surface area contributed by atoms with E-state index in [1.807, 2.05) is 0 Å². The van der Waals surface area contributed by atoms with Gasteiger partial charge >= 0.3 is 0 Å². The molecule has 0 saturated carbocycles. The maximum atomic E-state index is 2.48. The number of hydrogen-bond donors (Lipinski definition) is 0. The molecule has 2 heteroatoms. The Kier molecular flexibility index (Phi) is 7.83. The first-order chi connectivity index (χ1) is 31.1. The summed E-state index contributed by atoms with van der Waals surface area (Å²) in [7, 11) is 0. The van der Waals surface area contributed by atoms with Gasteiger partial charge in [0, 0.05) is 33.2 Å². The summed E-state index contributed by atoms with van der Waals surface area (Å²) in [6, 6.07) is 76.7. The maximum absolute atomic E-state index is 2.48. The van der Waals surface area contributed by atoms with Gasteiger partial charge in [-0.05, 0) is 163 Å². The van der Waals surface area contributed by atoms with Gasteiger partial charge in [0.2, 0.25) is 0 Å². The van der Waals surface area contributed by atoms with Gasteiger partial charge < -0.3 is 9.47 Å². The third-order valence-corrected chi connectivity index (χ3v) is 13.9. The van der Waals surface area contributed by atoms with E-state index in [2.05, 4.69) is 230 Å². The lowest BCUT2D eigenvalue weighted by molar-refractivity contribution is 1.18. The summed E-state index contributed by atoms with van der Waals surface area (Å²) in [4.78, 5) is 2.48. The van der Waals surface area contributed by atoms with Crippen LogP contribution in [0.3, 0.4) is 0 Å². The van der Waals surface area contributed by atoms with E-state index in [9.17, 15) is 0 Å². The van der Waals surface area contributed by atoms with Crippen LogP contribution in [0.5, 0.6) is 0 Å². The van der Waals surface area contributed by atoms with Crippen molar-refractivity contribution in [1.29, 1.82) is 0 Å². The van der Waals surface area contributed by atoms with Crippen LogP contribution in [0.15, 0.2) is 206 Å². The Bertz CT molecular complexity index is 3850. The molecule has 63 heavy (non-hydrogen) atoms. The third-order valence-electron chi connectivity index (χ3n) is 13.9. The molecule has 12 aromatic rings. The second kappa shape index (κ2) is 13.8. The topological polar surface area (TPSA) is 8.17 Å². The first-order valence-electron chi connectivity index (χ1n) is 22.0. The number of nitrogens with zero attached hydrogens (tertiary/aromatic N) is 2. The maximum Gasteiger partial charge on any atom is 0.0553 e. The fourth-order valence-corrected chi connectivity index (χ4v) is 10.7. The van der Waals surface area contributed by atoms with Crippen LogP contribution in [0.1, 0.15) is 36.1 Å². The summed E-state index contributed by atoms with van der Waals surface area (Å²) in [5, 5.41) is 12.7. The van der Waals surface area contributed by atoms with Gasteiger partial charge in [-0.3, -0.25) is 0 Å². The lowest BCUT2D eigenvalue weighted by atomic mass is 9.92. The molecule has 0 atom stereocenters. The van der Waals surface area contributed by atoms with Crippen LogP contribution >= 0.6 is 0 Å². The van der Waals surface area contributed by atoms with E-state index in [1.165, 1.54) is 121 Å². The van der Waals surface area contributed by atoms with Gasteiger partial charge in [0.15, 0.2) is 0 Å². The standard InChI is InChI=1S/C61H42N2/c1-38(39(2)46-32-45-24-23-41-16-12-22-57-60(41)61(45)59(37-46)63(57)49-17-4-3-5-18-49)42-26-29-53-47(31-42)33-48-35-51(28-30-54(48)53)62(50-27-25-40-13-6-7-14-43(40)34-50)58-36-44-15-8-9-19-52(44)55-20-10-11-21-56(55)58/h3-32,34-37H,33H2,1-2H3. The van der Waals surface area contributed by atoms with Gasteiger partial charge in [-0.25, -0.2) is 0 Å². The van der Waals surface area contributed by atoms with Crippen molar-refractivity contribution in [2.75, 3.05) is 4.90 Å². The summed E-state index contributed by atoms with van der Waals surface area (Å²) in [6.07, 6.45) is 0.892. The average Bonchev–Trinajstić information content (AvgIpc) is 3.88. The molecule has 1 aliphatic carbocycles. The second-order valence-corrected chi connectivity index (χ2v) is 17.4. The molecule has 0 amide bonds. The van der Waals surface area contributed by atoms with Crippen LogP contribution in [0, 0.1) is 0 Å². The summed E-state index contributed by atoms with van der Waals surface area (Å²) in [5.74, 6) is 0. The molecule has 0 bridgehead atoms. The number of hydrogen-bond acceptors (Lipinski definition) is 1. The van der Waals surface area contributed by atoms with Crippen LogP contribution in [-0.4, -0.2) is 4.57 Å². The van der Waals surface area contributed by atoms with Gasteiger partial charge in [0.05, 0.1) is 16.7 Å². The Balaban J connectivity index is 0.909. The summed E-state index contributed by atoms with van der Waals surface area (Å²) < 4.78 is 2.45. The Labute approximate surface area is 366 Å². The van der Waals surface area contributed by atoms with Gasteiger partial charge in [0.25, 0.3) is 0 Å².